The van der Waals surface area contributed by atoms with Crippen molar-refractivity contribution in [1.29, 1.82) is 0 Å². The maximum Gasteiger partial charge on any atom is 0.183 e. The van der Waals surface area contributed by atoms with Crippen LogP contribution in [0.2, 0.25) is 0 Å². The van der Waals surface area contributed by atoms with Crippen molar-refractivity contribution in [1.82, 2.24) is 4.98 Å². The van der Waals surface area contributed by atoms with Crippen LogP contribution in [0.5, 0.6) is 0 Å². The first-order valence-corrected chi connectivity index (χ1v) is 8.47. The Labute approximate surface area is 116 Å². The molecule has 0 unspecified atom stereocenters. The van der Waals surface area contributed by atoms with Crippen LogP contribution < -0.4 is 5.32 Å². The van der Waals surface area contributed by atoms with Gasteiger partial charge in [0.05, 0.1) is 10.2 Å². The van der Waals surface area contributed by atoms with E-state index in [2.05, 4.69) is 47.2 Å². The van der Waals surface area contributed by atoms with E-state index in [-0.39, 0.29) is 0 Å². The Morgan fingerprint density at radius 1 is 1.33 bits per heavy atom. The maximum absolute atomic E-state index is 4.66. The van der Waals surface area contributed by atoms with Gasteiger partial charge in [0.2, 0.25) is 0 Å². The maximum atomic E-state index is 4.66. The highest BCUT2D eigenvalue weighted by atomic mass is 32.2. The summed E-state index contributed by atoms with van der Waals surface area (Å²) in [6, 6.07) is 6.49. The number of hydrogen-bond donors (Lipinski definition) is 1. The lowest BCUT2D eigenvalue weighted by Gasteiger charge is -2.21. The van der Waals surface area contributed by atoms with Crippen LogP contribution >= 0.6 is 23.1 Å². The molecule has 4 heteroatoms. The number of hydrogen-bond acceptors (Lipinski definition) is 4. The number of thioether (sulfide) groups is 1. The average Bonchev–Trinajstić information content (AvgIpc) is 2.79. The number of nitrogens with zero attached hydrogens (tertiary/aromatic N) is 1. The SMILES string of the molecule is Cc1ccc2sc(NCC3CCSCC3)nc2c1. The summed E-state index contributed by atoms with van der Waals surface area (Å²) in [5.41, 5.74) is 2.41. The van der Waals surface area contributed by atoms with E-state index in [0.29, 0.717) is 0 Å². The second-order valence-corrected chi connectivity index (χ2v) is 7.18. The minimum atomic E-state index is 0.833. The number of aromatic nitrogens is 1. The molecular weight excluding hydrogens is 260 g/mol. The summed E-state index contributed by atoms with van der Waals surface area (Å²) < 4.78 is 1.28. The van der Waals surface area contributed by atoms with Gasteiger partial charge in [-0.1, -0.05) is 17.4 Å². The third-order valence-electron chi connectivity index (χ3n) is 3.43. The summed E-state index contributed by atoms with van der Waals surface area (Å²) in [6.45, 7) is 3.20. The van der Waals surface area contributed by atoms with Crippen LogP contribution in [0, 0.1) is 12.8 Å². The van der Waals surface area contributed by atoms with Crippen LogP contribution in [0.25, 0.3) is 10.2 Å². The molecule has 96 valence electrons. The minimum Gasteiger partial charge on any atom is -0.361 e. The van der Waals surface area contributed by atoms with Crippen molar-refractivity contribution in [3.63, 3.8) is 0 Å². The summed E-state index contributed by atoms with van der Waals surface area (Å²) in [5.74, 6) is 3.48. The number of fused-ring (bicyclic) bond motifs is 1. The van der Waals surface area contributed by atoms with E-state index < -0.39 is 0 Å². The van der Waals surface area contributed by atoms with Crippen molar-refractivity contribution in [2.45, 2.75) is 19.8 Å². The Morgan fingerprint density at radius 3 is 3.00 bits per heavy atom. The summed E-state index contributed by atoms with van der Waals surface area (Å²) in [7, 11) is 0. The second kappa shape index (κ2) is 5.49. The van der Waals surface area contributed by atoms with Crippen LogP contribution in [0.1, 0.15) is 18.4 Å². The Bertz CT molecular complexity index is 530. The molecule has 0 bridgehead atoms. The third kappa shape index (κ3) is 2.81. The smallest absolute Gasteiger partial charge is 0.183 e. The normalized spacial score (nSPS) is 17.2. The van der Waals surface area contributed by atoms with Gasteiger partial charge in [0.15, 0.2) is 5.13 Å². The summed E-state index contributed by atoms with van der Waals surface area (Å²) in [6.07, 6.45) is 2.70. The number of rotatable bonds is 3. The van der Waals surface area contributed by atoms with Crippen LogP contribution in [0.15, 0.2) is 18.2 Å². The number of thiazole rings is 1. The van der Waals surface area contributed by atoms with Crippen molar-refractivity contribution in [2.24, 2.45) is 5.92 Å². The molecule has 18 heavy (non-hydrogen) atoms. The molecule has 0 saturated carbocycles. The zero-order chi connectivity index (χ0) is 12.4. The van der Waals surface area contributed by atoms with Crippen LogP contribution in [0.4, 0.5) is 5.13 Å². The number of nitrogens with one attached hydrogen (secondary N) is 1. The van der Waals surface area contributed by atoms with E-state index in [1.54, 1.807) is 11.3 Å². The first-order chi connectivity index (χ1) is 8.81. The molecule has 0 radical (unpaired) electrons. The molecule has 2 aromatic rings. The molecule has 1 aromatic carbocycles. The Morgan fingerprint density at radius 2 is 2.17 bits per heavy atom. The third-order valence-corrected chi connectivity index (χ3v) is 5.47. The molecule has 0 aliphatic carbocycles. The molecule has 2 heterocycles. The summed E-state index contributed by atoms with van der Waals surface area (Å²) in [5, 5.41) is 4.60. The Balaban J connectivity index is 1.67. The standard InChI is InChI=1S/C14H18N2S2/c1-10-2-3-13-12(8-10)16-14(18-13)15-9-11-4-6-17-7-5-11/h2-3,8,11H,4-7,9H2,1H3,(H,15,16). The van der Waals surface area contributed by atoms with Gasteiger partial charge in [0, 0.05) is 6.54 Å². The molecule has 1 saturated heterocycles. The molecule has 0 spiro atoms. The van der Waals surface area contributed by atoms with E-state index in [1.165, 1.54) is 34.6 Å². The average molecular weight is 278 g/mol. The van der Waals surface area contributed by atoms with Gasteiger partial charge in [-0.25, -0.2) is 4.98 Å². The van der Waals surface area contributed by atoms with Gasteiger partial charge < -0.3 is 5.32 Å². The topological polar surface area (TPSA) is 24.9 Å². The van der Waals surface area contributed by atoms with Gasteiger partial charge in [-0.05, 0) is 54.9 Å². The lowest BCUT2D eigenvalue weighted by Crippen LogP contribution is -2.18. The Hall–Kier alpha value is -0.740. The highest BCUT2D eigenvalue weighted by molar-refractivity contribution is 7.99. The zero-order valence-electron chi connectivity index (χ0n) is 10.6. The quantitative estimate of drug-likeness (QED) is 0.912. The first-order valence-electron chi connectivity index (χ1n) is 6.50. The molecule has 1 N–H and O–H groups in total. The lowest BCUT2D eigenvalue weighted by molar-refractivity contribution is 0.516. The molecular formula is C14H18N2S2. The largest absolute Gasteiger partial charge is 0.361 e. The van der Waals surface area contributed by atoms with Gasteiger partial charge in [-0.2, -0.15) is 11.8 Å². The van der Waals surface area contributed by atoms with E-state index >= 15 is 0 Å². The molecule has 3 rings (SSSR count). The van der Waals surface area contributed by atoms with Crippen molar-refractivity contribution >= 4 is 38.4 Å². The number of aryl methyl sites for hydroxylation is 1. The number of anilines is 1. The van der Waals surface area contributed by atoms with Gasteiger partial charge in [-0.15, -0.1) is 0 Å². The van der Waals surface area contributed by atoms with Crippen molar-refractivity contribution in [2.75, 3.05) is 23.4 Å². The molecule has 0 atom stereocenters. The van der Waals surface area contributed by atoms with Crippen LogP contribution in [0.3, 0.4) is 0 Å². The van der Waals surface area contributed by atoms with E-state index in [9.17, 15) is 0 Å². The number of benzene rings is 1. The molecule has 0 amide bonds. The zero-order valence-corrected chi connectivity index (χ0v) is 12.2. The lowest BCUT2D eigenvalue weighted by atomic mass is 10.0. The fraction of sp³-hybridized carbons (Fsp3) is 0.500. The fourth-order valence-corrected chi connectivity index (χ4v) is 4.35. The molecule has 1 aliphatic rings. The highest BCUT2D eigenvalue weighted by Crippen LogP contribution is 2.28. The molecule has 1 fully saturated rings. The van der Waals surface area contributed by atoms with Gasteiger partial charge in [0.1, 0.15) is 0 Å². The predicted molar refractivity (Wildman–Crippen MR) is 82.9 cm³/mol. The van der Waals surface area contributed by atoms with Crippen molar-refractivity contribution in [3.8, 4) is 0 Å². The fourth-order valence-electron chi connectivity index (χ4n) is 2.30. The van der Waals surface area contributed by atoms with Crippen LogP contribution in [-0.4, -0.2) is 23.0 Å². The van der Waals surface area contributed by atoms with E-state index in [0.717, 1.165) is 23.1 Å². The Kier molecular flexibility index (Phi) is 3.75. The summed E-state index contributed by atoms with van der Waals surface area (Å²) in [4.78, 5) is 4.66. The summed E-state index contributed by atoms with van der Waals surface area (Å²) >= 11 is 3.85. The van der Waals surface area contributed by atoms with Crippen molar-refractivity contribution < 1.29 is 0 Å². The first kappa shape index (κ1) is 12.3. The molecule has 1 aliphatic heterocycles. The van der Waals surface area contributed by atoms with Gasteiger partial charge >= 0.3 is 0 Å². The predicted octanol–water partition coefficient (Wildman–Crippen LogP) is 4.16. The monoisotopic (exact) mass is 278 g/mol. The second-order valence-electron chi connectivity index (χ2n) is 4.93. The van der Waals surface area contributed by atoms with E-state index in [1.807, 2.05) is 0 Å². The van der Waals surface area contributed by atoms with Gasteiger partial charge in [-0.3, -0.25) is 0 Å². The minimum absolute atomic E-state index is 0.833. The van der Waals surface area contributed by atoms with Gasteiger partial charge in [0.25, 0.3) is 0 Å². The molecule has 2 nitrogen and oxygen atoms in total. The molecule has 1 aromatic heterocycles. The highest BCUT2D eigenvalue weighted by Gasteiger charge is 2.14. The van der Waals surface area contributed by atoms with Crippen molar-refractivity contribution in [3.05, 3.63) is 23.8 Å². The van der Waals surface area contributed by atoms with E-state index in [4.69, 9.17) is 0 Å². The van der Waals surface area contributed by atoms with Crippen LogP contribution in [-0.2, 0) is 0 Å².